The summed E-state index contributed by atoms with van der Waals surface area (Å²) in [6.45, 7) is 3.99. The first-order chi connectivity index (χ1) is 14.0. The summed E-state index contributed by atoms with van der Waals surface area (Å²) in [6, 6.07) is 8.40. The fraction of sp³-hybridized carbons (Fsp3) is 0.300. The second kappa shape index (κ2) is 10.0. The number of nitrogens with one attached hydrogen (secondary N) is 2. The van der Waals surface area contributed by atoms with Crippen molar-refractivity contribution in [3.05, 3.63) is 65.5 Å². The van der Waals surface area contributed by atoms with Crippen molar-refractivity contribution in [3.63, 3.8) is 0 Å². The van der Waals surface area contributed by atoms with E-state index in [-0.39, 0.29) is 11.5 Å². The maximum atomic E-state index is 13.4. The van der Waals surface area contributed by atoms with E-state index in [0.717, 1.165) is 25.2 Å². The van der Waals surface area contributed by atoms with Crippen LogP contribution in [0.3, 0.4) is 0 Å². The van der Waals surface area contributed by atoms with Crippen molar-refractivity contribution in [2.24, 2.45) is 4.99 Å². The number of hydrogen-bond acceptors (Lipinski definition) is 4. The second-order valence-corrected chi connectivity index (χ2v) is 6.40. The Morgan fingerprint density at radius 1 is 1.03 bits per heavy atom. The molecule has 0 spiro atoms. The van der Waals surface area contributed by atoms with Crippen LogP contribution in [0.15, 0.2) is 47.5 Å². The number of carbonyl (C=O) groups is 1. The normalized spacial score (nSPS) is 15.2. The summed E-state index contributed by atoms with van der Waals surface area (Å²) in [7, 11) is 0. The van der Waals surface area contributed by atoms with Gasteiger partial charge in [-0.2, -0.15) is 0 Å². The van der Waals surface area contributed by atoms with Crippen molar-refractivity contribution in [3.8, 4) is 0 Å². The van der Waals surface area contributed by atoms with Gasteiger partial charge >= 0.3 is 0 Å². The van der Waals surface area contributed by atoms with Gasteiger partial charge < -0.3 is 10.1 Å². The van der Waals surface area contributed by atoms with E-state index < -0.39 is 23.4 Å². The van der Waals surface area contributed by atoms with Gasteiger partial charge in [0.1, 0.15) is 5.82 Å². The number of hydrogen-bond donors (Lipinski definition) is 2. The minimum atomic E-state index is -1.12. The minimum absolute atomic E-state index is 0.0503. The lowest BCUT2D eigenvalue weighted by molar-refractivity contribution is 0.0394. The van der Waals surface area contributed by atoms with E-state index >= 15 is 0 Å². The Kier molecular flexibility index (Phi) is 7.20. The standard InChI is InChI=1S/C20H21F3N4O2/c21-15-2-4-16(5-3-15)25-20(24-7-8-27-9-11-29-12-10-27)26-19(28)14-1-6-17(22)18(23)13-14/h1-6,13H,7-12H2,(H2,24,25,26,28). The third kappa shape index (κ3) is 6.30. The highest BCUT2D eigenvalue weighted by Crippen LogP contribution is 2.10. The molecule has 9 heteroatoms. The Hall–Kier alpha value is -2.91. The predicted octanol–water partition coefficient (Wildman–Crippen LogP) is 2.63. The van der Waals surface area contributed by atoms with Gasteiger partial charge in [-0.05, 0) is 42.5 Å². The van der Waals surface area contributed by atoms with Crippen LogP contribution >= 0.6 is 0 Å². The fourth-order valence-electron chi connectivity index (χ4n) is 2.73. The largest absolute Gasteiger partial charge is 0.379 e. The maximum absolute atomic E-state index is 13.4. The third-order valence-electron chi connectivity index (χ3n) is 4.31. The molecular weight excluding hydrogens is 385 g/mol. The third-order valence-corrected chi connectivity index (χ3v) is 4.31. The second-order valence-electron chi connectivity index (χ2n) is 6.40. The molecule has 0 radical (unpaired) electrons. The van der Waals surface area contributed by atoms with E-state index in [2.05, 4.69) is 20.5 Å². The molecule has 0 atom stereocenters. The number of carbonyl (C=O) groups excluding carboxylic acids is 1. The molecule has 1 fully saturated rings. The molecule has 154 valence electrons. The van der Waals surface area contributed by atoms with Crippen LogP contribution in [0, 0.1) is 17.5 Å². The van der Waals surface area contributed by atoms with E-state index in [9.17, 15) is 18.0 Å². The summed E-state index contributed by atoms with van der Waals surface area (Å²) in [5.41, 5.74) is 0.466. The van der Waals surface area contributed by atoms with Crippen LogP contribution in [0.25, 0.3) is 0 Å². The highest BCUT2D eigenvalue weighted by Gasteiger charge is 2.13. The van der Waals surface area contributed by atoms with Gasteiger partial charge in [0.15, 0.2) is 11.6 Å². The van der Waals surface area contributed by atoms with E-state index in [0.29, 0.717) is 32.0 Å². The number of amides is 1. The van der Waals surface area contributed by atoms with Crippen LogP contribution in [0.5, 0.6) is 0 Å². The van der Waals surface area contributed by atoms with Gasteiger partial charge in [-0.1, -0.05) is 0 Å². The Labute approximate surface area is 166 Å². The molecule has 29 heavy (non-hydrogen) atoms. The lowest BCUT2D eigenvalue weighted by Gasteiger charge is -2.25. The molecule has 1 heterocycles. The lowest BCUT2D eigenvalue weighted by Crippen LogP contribution is -2.39. The molecule has 1 aliphatic rings. The predicted molar refractivity (Wildman–Crippen MR) is 103 cm³/mol. The number of benzene rings is 2. The number of morpholine rings is 1. The molecule has 0 saturated carbocycles. The molecule has 1 saturated heterocycles. The van der Waals surface area contributed by atoms with Crippen LogP contribution in [0.2, 0.25) is 0 Å². The summed E-state index contributed by atoms with van der Waals surface area (Å²) >= 11 is 0. The van der Waals surface area contributed by atoms with E-state index in [4.69, 9.17) is 4.74 Å². The first kappa shape index (κ1) is 20.8. The van der Waals surface area contributed by atoms with Gasteiger partial charge in [-0.15, -0.1) is 0 Å². The zero-order chi connectivity index (χ0) is 20.6. The van der Waals surface area contributed by atoms with Gasteiger partial charge in [-0.25, -0.2) is 13.2 Å². The first-order valence-corrected chi connectivity index (χ1v) is 9.15. The quantitative estimate of drug-likeness (QED) is 0.592. The molecule has 1 amide bonds. The topological polar surface area (TPSA) is 66.0 Å². The van der Waals surface area contributed by atoms with Crippen molar-refractivity contribution in [1.82, 2.24) is 10.2 Å². The summed E-state index contributed by atoms with van der Waals surface area (Å²) in [4.78, 5) is 19.0. The average molecular weight is 406 g/mol. The monoisotopic (exact) mass is 406 g/mol. The molecule has 0 unspecified atom stereocenters. The van der Waals surface area contributed by atoms with Crippen molar-refractivity contribution in [2.45, 2.75) is 0 Å². The molecule has 0 bridgehead atoms. The zero-order valence-electron chi connectivity index (χ0n) is 15.6. The smallest absolute Gasteiger partial charge is 0.258 e. The molecule has 2 aromatic carbocycles. The van der Waals surface area contributed by atoms with Gasteiger partial charge in [0.05, 0.1) is 19.8 Å². The summed E-state index contributed by atoms with van der Waals surface area (Å²) < 4.78 is 44.9. The van der Waals surface area contributed by atoms with Crippen LogP contribution in [-0.4, -0.2) is 56.2 Å². The van der Waals surface area contributed by atoms with Crippen LogP contribution < -0.4 is 10.6 Å². The lowest BCUT2D eigenvalue weighted by atomic mass is 10.2. The van der Waals surface area contributed by atoms with Crippen molar-refractivity contribution < 1.29 is 22.7 Å². The summed E-state index contributed by atoms with van der Waals surface area (Å²) in [5.74, 6) is -3.07. The number of guanidine groups is 1. The highest BCUT2D eigenvalue weighted by molar-refractivity contribution is 6.09. The van der Waals surface area contributed by atoms with E-state index in [1.54, 1.807) is 0 Å². The summed E-state index contributed by atoms with van der Waals surface area (Å²) in [5, 5.41) is 5.47. The van der Waals surface area contributed by atoms with Gasteiger partial charge in [0, 0.05) is 30.9 Å². The fourth-order valence-corrected chi connectivity index (χ4v) is 2.73. The van der Waals surface area contributed by atoms with Gasteiger partial charge in [-0.3, -0.25) is 20.0 Å². The number of anilines is 1. The molecular formula is C20H21F3N4O2. The molecule has 1 aliphatic heterocycles. The average Bonchev–Trinajstić information content (AvgIpc) is 2.72. The number of rotatable bonds is 5. The SMILES string of the molecule is O=C(NC(=NCCN1CCOCC1)Nc1ccc(F)cc1)c1ccc(F)c(F)c1. The zero-order valence-corrected chi connectivity index (χ0v) is 15.6. The van der Waals surface area contributed by atoms with Crippen LogP contribution in [0.1, 0.15) is 10.4 Å². The molecule has 0 aromatic heterocycles. The van der Waals surface area contributed by atoms with Crippen LogP contribution in [0.4, 0.5) is 18.9 Å². The molecule has 3 rings (SSSR count). The van der Waals surface area contributed by atoms with E-state index in [1.165, 1.54) is 30.3 Å². The van der Waals surface area contributed by atoms with Gasteiger partial charge in [0.25, 0.3) is 5.91 Å². The van der Waals surface area contributed by atoms with E-state index in [1.807, 2.05) is 0 Å². The maximum Gasteiger partial charge on any atom is 0.258 e. The van der Waals surface area contributed by atoms with Crippen molar-refractivity contribution in [1.29, 1.82) is 0 Å². The van der Waals surface area contributed by atoms with Gasteiger partial charge in [0.2, 0.25) is 5.96 Å². The number of nitrogens with zero attached hydrogens (tertiary/aromatic N) is 2. The Balaban J connectivity index is 1.69. The molecule has 0 aliphatic carbocycles. The number of aliphatic imine (C=N–C) groups is 1. The Morgan fingerprint density at radius 3 is 2.45 bits per heavy atom. The Morgan fingerprint density at radius 2 is 1.76 bits per heavy atom. The summed E-state index contributed by atoms with van der Waals surface area (Å²) in [6.07, 6.45) is 0. The first-order valence-electron chi connectivity index (χ1n) is 9.15. The molecule has 2 N–H and O–H groups in total. The van der Waals surface area contributed by atoms with Crippen molar-refractivity contribution >= 4 is 17.6 Å². The molecule has 2 aromatic rings. The van der Waals surface area contributed by atoms with Crippen LogP contribution in [-0.2, 0) is 4.74 Å². The molecule has 6 nitrogen and oxygen atoms in total. The van der Waals surface area contributed by atoms with Crippen molar-refractivity contribution in [2.75, 3.05) is 44.7 Å². The highest BCUT2D eigenvalue weighted by atomic mass is 19.2. The Bertz CT molecular complexity index is 869. The number of ether oxygens (including phenoxy) is 1. The number of halogens is 3. The minimum Gasteiger partial charge on any atom is -0.379 e.